The number of rotatable bonds is 3. The Kier molecular flexibility index (Phi) is 3.81. The Morgan fingerprint density at radius 3 is 2.74 bits per heavy atom. The van der Waals surface area contributed by atoms with Crippen molar-refractivity contribution in [2.24, 2.45) is 5.92 Å². The Balaban J connectivity index is 2.12. The van der Waals surface area contributed by atoms with Crippen molar-refractivity contribution in [2.75, 3.05) is 18.6 Å². The van der Waals surface area contributed by atoms with Crippen molar-refractivity contribution in [3.05, 3.63) is 29.8 Å². The Morgan fingerprint density at radius 1 is 1.47 bits per heavy atom. The van der Waals surface area contributed by atoms with E-state index in [1.807, 2.05) is 12.1 Å². The molecule has 1 amide bonds. The highest BCUT2D eigenvalue weighted by atomic mass is 16.5. The van der Waals surface area contributed by atoms with Gasteiger partial charge in [-0.25, -0.2) is 0 Å². The summed E-state index contributed by atoms with van der Waals surface area (Å²) in [6.07, 6.45) is 0.533. The first-order valence-electron chi connectivity index (χ1n) is 5.99. The summed E-state index contributed by atoms with van der Waals surface area (Å²) in [4.78, 5) is 24.9. The van der Waals surface area contributed by atoms with E-state index in [1.54, 1.807) is 17.0 Å². The predicted molar refractivity (Wildman–Crippen MR) is 68.2 cm³/mol. The number of carbonyl (C=O) groups excluding carboxylic acids is 2. The number of amides is 1. The fourth-order valence-corrected chi connectivity index (χ4v) is 2.17. The standard InChI is InChI=1S/C14H14N2O3/c1-19-14(18)11-8-13(17)16(9-11)12-4-2-10(3-5-12)6-7-15/h2-5,11H,6,8-9H2,1H3. The van der Waals surface area contributed by atoms with Gasteiger partial charge in [0.1, 0.15) is 0 Å². The van der Waals surface area contributed by atoms with Crippen LogP contribution in [0.4, 0.5) is 5.69 Å². The zero-order valence-electron chi connectivity index (χ0n) is 10.6. The van der Waals surface area contributed by atoms with Crippen molar-refractivity contribution < 1.29 is 14.3 Å². The van der Waals surface area contributed by atoms with E-state index < -0.39 is 5.92 Å². The maximum absolute atomic E-state index is 11.9. The molecule has 1 atom stereocenters. The van der Waals surface area contributed by atoms with Crippen LogP contribution in [-0.2, 0) is 20.7 Å². The minimum atomic E-state index is -0.392. The molecule has 1 saturated heterocycles. The summed E-state index contributed by atoms with van der Waals surface area (Å²) in [5.74, 6) is -0.823. The molecule has 1 aliphatic heterocycles. The third-order valence-corrected chi connectivity index (χ3v) is 3.19. The third kappa shape index (κ3) is 2.74. The number of ether oxygens (including phenoxy) is 1. The first-order valence-corrected chi connectivity index (χ1v) is 5.99. The fraction of sp³-hybridized carbons (Fsp3) is 0.357. The number of hydrogen-bond donors (Lipinski definition) is 0. The molecule has 2 rings (SSSR count). The maximum atomic E-state index is 11.9. The molecule has 0 aliphatic carbocycles. The van der Waals surface area contributed by atoms with Crippen LogP contribution in [0.5, 0.6) is 0 Å². The first-order chi connectivity index (χ1) is 9.15. The molecule has 19 heavy (non-hydrogen) atoms. The van der Waals surface area contributed by atoms with Crippen molar-refractivity contribution in [1.82, 2.24) is 0 Å². The van der Waals surface area contributed by atoms with Crippen LogP contribution < -0.4 is 4.90 Å². The van der Waals surface area contributed by atoms with Crippen LogP contribution in [0, 0.1) is 17.2 Å². The molecule has 1 aromatic carbocycles. The number of methoxy groups -OCH3 is 1. The number of nitrogens with zero attached hydrogens (tertiary/aromatic N) is 2. The molecule has 0 saturated carbocycles. The van der Waals surface area contributed by atoms with E-state index in [0.29, 0.717) is 13.0 Å². The molecule has 1 aromatic rings. The molecular formula is C14H14N2O3. The summed E-state index contributed by atoms with van der Waals surface area (Å²) in [7, 11) is 1.33. The second-order valence-electron chi connectivity index (χ2n) is 4.43. The van der Waals surface area contributed by atoms with Crippen LogP contribution in [0.2, 0.25) is 0 Å². The summed E-state index contributed by atoms with van der Waals surface area (Å²) in [6, 6.07) is 9.29. The quantitative estimate of drug-likeness (QED) is 0.766. The molecule has 0 spiro atoms. The van der Waals surface area contributed by atoms with Gasteiger partial charge in [-0.05, 0) is 17.7 Å². The largest absolute Gasteiger partial charge is 0.469 e. The third-order valence-electron chi connectivity index (χ3n) is 3.19. The topological polar surface area (TPSA) is 70.4 Å². The van der Waals surface area contributed by atoms with Gasteiger partial charge in [0.2, 0.25) is 5.91 Å². The zero-order chi connectivity index (χ0) is 13.8. The van der Waals surface area contributed by atoms with E-state index in [1.165, 1.54) is 7.11 Å². The molecule has 98 valence electrons. The van der Waals surface area contributed by atoms with Crippen LogP contribution >= 0.6 is 0 Å². The molecule has 1 fully saturated rings. The van der Waals surface area contributed by atoms with Crippen LogP contribution in [0.15, 0.2) is 24.3 Å². The van der Waals surface area contributed by atoms with Gasteiger partial charge in [0.25, 0.3) is 0 Å². The summed E-state index contributed by atoms with van der Waals surface area (Å²) >= 11 is 0. The second kappa shape index (κ2) is 5.53. The number of carbonyl (C=O) groups is 2. The molecular weight excluding hydrogens is 244 g/mol. The molecule has 5 nitrogen and oxygen atoms in total. The highest BCUT2D eigenvalue weighted by Crippen LogP contribution is 2.26. The van der Waals surface area contributed by atoms with Gasteiger partial charge in [-0.3, -0.25) is 9.59 Å². The molecule has 1 heterocycles. The van der Waals surface area contributed by atoms with Gasteiger partial charge in [0.15, 0.2) is 0 Å². The number of esters is 1. The summed E-state index contributed by atoms with van der Waals surface area (Å²) < 4.78 is 4.66. The van der Waals surface area contributed by atoms with Crippen LogP contribution in [-0.4, -0.2) is 25.5 Å². The Hall–Kier alpha value is -2.35. The lowest BCUT2D eigenvalue weighted by Crippen LogP contribution is -2.26. The van der Waals surface area contributed by atoms with E-state index >= 15 is 0 Å². The van der Waals surface area contributed by atoms with Crippen molar-refractivity contribution in [2.45, 2.75) is 12.8 Å². The smallest absolute Gasteiger partial charge is 0.311 e. The van der Waals surface area contributed by atoms with Crippen molar-refractivity contribution in [1.29, 1.82) is 5.26 Å². The highest BCUT2D eigenvalue weighted by Gasteiger charge is 2.35. The Morgan fingerprint density at radius 2 is 2.16 bits per heavy atom. The number of benzene rings is 1. The van der Waals surface area contributed by atoms with Gasteiger partial charge in [-0.1, -0.05) is 12.1 Å². The minimum absolute atomic E-state index is 0.0802. The van der Waals surface area contributed by atoms with Gasteiger partial charge in [0.05, 0.1) is 25.5 Å². The Bertz CT molecular complexity index is 531. The summed E-state index contributed by atoms with van der Waals surface area (Å²) in [5, 5.41) is 8.60. The minimum Gasteiger partial charge on any atom is -0.469 e. The molecule has 1 unspecified atom stereocenters. The lowest BCUT2D eigenvalue weighted by molar-refractivity contribution is -0.145. The van der Waals surface area contributed by atoms with E-state index in [9.17, 15) is 9.59 Å². The molecule has 0 radical (unpaired) electrons. The van der Waals surface area contributed by atoms with Gasteiger partial charge in [0, 0.05) is 18.7 Å². The number of nitriles is 1. The summed E-state index contributed by atoms with van der Waals surface area (Å²) in [6.45, 7) is 0.350. The van der Waals surface area contributed by atoms with E-state index in [-0.39, 0.29) is 18.3 Å². The predicted octanol–water partition coefficient (Wildman–Crippen LogP) is 1.28. The molecule has 5 heteroatoms. The van der Waals surface area contributed by atoms with Crippen molar-refractivity contribution in [3.63, 3.8) is 0 Å². The monoisotopic (exact) mass is 258 g/mol. The number of hydrogen-bond acceptors (Lipinski definition) is 4. The van der Waals surface area contributed by atoms with Crippen LogP contribution in [0.1, 0.15) is 12.0 Å². The van der Waals surface area contributed by atoms with Gasteiger partial charge >= 0.3 is 5.97 Å². The molecule has 0 N–H and O–H groups in total. The fourth-order valence-electron chi connectivity index (χ4n) is 2.17. The van der Waals surface area contributed by atoms with E-state index in [2.05, 4.69) is 10.8 Å². The van der Waals surface area contributed by atoms with Crippen molar-refractivity contribution in [3.8, 4) is 6.07 Å². The van der Waals surface area contributed by atoms with Gasteiger partial charge in [-0.15, -0.1) is 0 Å². The van der Waals surface area contributed by atoms with Crippen LogP contribution in [0.25, 0.3) is 0 Å². The Labute approximate surface area is 111 Å². The lowest BCUT2D eigenvalue weighted by atomic mass is 10.1. The number of anilines is 1. The lowest BCUT2D eigenvalue weighted by Gasteiger charge is -2.16. The highest BCUT2D eigenvalue weighted by molar-refractivity contribution is 5.99. The van der Waals surface area contributed by atoms with Crippen molar-refractivity contribution >= 4 is 17.6 Å². The normalized spacial score (nSPS) is 18.2. The van der Waals surface area contributed by atoms with Gasteiger partial charge in [-0.2, -0.15) is 5.26 Å². The van der Waals surface area contributed by atoms with Gasteiger partial charge < -0.3 is 9.64 Å². The molecule has 0 bridgehead atoms. The SMILES string of the molecule is COC(=O)C1CC(=O)N(c2ccc(CC#N)cc2)C1. The van der Waals surface area contributed by atoms with E-state index in [4.69, 9.17) is 5.26 Å². The maximum Gasteiger partial charge on any atom is 0.311 e. The second-order valence-corrected chi connectivity index (χ2v) is 4.43. The van der Waals surface area contributed by atoms with E-state index in [0.717, 1.165) is 11.3 Å². The average Bonchev–Trinajstić information content (AvgIpc) is 2.81. The van der Waals surface area contributed by atoms with Crippen LogP contribution in [0.3, 0.4) is 0 Å². The summed E-state index contributed by atoms with van der Waals surface area (Å²) in [5.41, 5.74) is 1.65. The molecule has 0 aromatic heterocycles. The zero-order valence-corrected chi connectivity index (χ0v) is 10.6. The average molecular weight is 258 g/mol. The first kappa shape index (κ1) is 13.1. The molecule has 1 aliphatic rings.